The van der Waals surface area contributed by atoms with E-state index in [9.17, 15) is 9.59 Å². The van der Waals surface area contributed by atoms with Gasteiger partial charge >= 0.3 is 11.9 Å². The summed E-state index contributed by atoms with van der Waals surface area (Å²) in [5.41, 5.74) is -0.444. The van der Waals surface area contributed by atoms with Gasteiger partial charge < -0.3 is 4.74 Å². The molecule has 0 aromatic heterocycles. The van der Waals surface area contributed by atoms with Crippen molar-refractivity contribution in [3.05, 3.63) is 0 Å². The number of esters is 2. The second-order valence-corrected chi connectivity index (χ2v) is 7.01. The molecule has 18 heavy (non-hydrogen) atoms. The Kier molecular flexibility index (Phi) is 3.94. The summed E-state index contributed by atoms with van der Waals surface area (Å²) in [7, 11) is 0. The largest absolute Gasteiger partial charge is 0.393 e. The first kappa shape index (κ1) is 15.2. The van der Waals surface area contributed by atoms with E-state index in [-0.39, 0.29) is 34.6 Å². The highest BCUT2D eigenvalue weighted by atomic mass is 16.6. The second-order valence-electron chi connectivity index (χ2n) is 7.01. The van der Waals surface area contributed by atoms with Crippen molar-refractivity contribution in [3.8, 4) is 0 Å². The van der Waals surface area contributed by atoms with Crippen LogP contribution in [-0.2, 0) is 14.3 Å². The average Bonchev–Trinajstić information content (AvgIpc) is 2.54. The van der Waals surface area contributed by atoms with Gasteiger partial charge in [0, 0.05) is 0 Å². The van der Waals surface area contributed by atoms with Crippen molar-refractivity contribution < 1.29 is 14.3 Å². The molecular formula is C15H26O3. The van der Waals surface area contributed by atoms with E-state index in [2.05, 4.69) is 34.6 Å². The Morgan fingerprint density at radius 3 is 1.89 bits per heavy atom. The number of rotatable bonds is 4. The van der Waals surface area contributed by atoms with Crippen LogP contribution in [0.25, 0.3) is 0 Å². The normalized spacial score (nSPS) is 25.8. The molecule has 0 spiro atoms. The Hall–Kier alpha value is -0.860. The lowest BCUT2D eigenvalue weighted by Gasteiger charge is -2.40. The van der Waals surface area contributed by atoms with Gasteiger partial charge in [-0.25, -0.2) is 0 Å². The second kappa shape index (κ2) is 4.67. The van der Waals surface area contributed by atoms with Crippen LogP contribution in [0.1, 0.15) is 54.9 Å². The number of ether oxygens (including phenoxy) is 1. The number of cyclic esters (lactones) is 2. The molecule has 3 nitrogen and oxygen atoms in total. The molecule has 0 radical (unpaired) electrons. The minimum absolute atomic E-state index is 0.208. The first-order chi connectivity index (χ1) is 8.05. The molecule has 2 unspecified atom stereocenters. The maximum absolute atomic E-state index is 12.1. The third-order valence-electron chi connectivity index (χ3n) is 5.09. The molecule has 1 heterocycles. The quantitative estimate of drug-likeness (QED) is 0.570. The van der Waals surface area contributed by atoms with Gasteiger partial charge in [0.05, 0.1) is 11.8 Å². The summed E-state index contributed by atoms with van der Waals surface area (Å²) in [6.45, 7) is 14.4. The van der Waals surface area contributed by atoms with Crippen LogP contribution in [-0.4, -0.2) is 11.9 Å². The summed E-state index contributed by atoms with van der Waals surface area (Å²) in [6.07, 6.45) is 0.852. The average molecular weight is 254 g/mol. The lowest BCUT2D eigenvalue weighted by molar-refractivity contribution is -0.155. The van der Waals surface area contributed by atoms with Crippen molar-refractivity contribution in [2.75, 3.05) is 0 Å². The molecule has 3 heteroatoms. The SMILES string of the molecule is CCC(C)(C)C1C(=O)OC(=O)C1C(C)(C)C(C)C. The van der Waals surface area contributed by atoms with Crippen molar-refractivity contribution in [2.45, 2.75) is 54.9 Å². The smallest absolute Gasteiger partial charge is 0.318 e. The molecule has 1 aliphatic rings. The van der Waals surface area contributed by atoms with E-state index in [0.29, 0.717) is 5.92 Å². The van der Waals surface area contributed by atoms with Gasteiger partial charge in [-0.15, -0.1) is 0 Å². The van der Waals surface area contributed by atoms with E-state index in [4.69, 9.17) is 4.74 Å². The number of carbonyl (C=O) groups is 2. The predicted octanol–water partition coefficient (Wildman–Crippen LogP) is 3.42. The summed E-state index contributed by atoms with van der Waals surface area (Å²) in [5.74, 6) is -1.03. The topological polar surface area (TPSA) is 43.4 Å². The van der Waals surface area contributed by atoms with Crippen LogP contribution in [0.2, 0.25) is 0 Å². The number of carbonyl (C=O) groups excluding carboxylic acids is 2. The van der Waals surface area contributed by atoms with Crippen molar-refractivity contribution in [1.82, 2.24) is 0 Å². The molecule has 104 valence electrons. The standard InChI is InChI=1S/C15H26O3/c1-8-14(4,5)10-11(13(17)18-12(10)16)15(6,7)9(2)3/h9-11H,8H2,1-7H3. The molecule has 0 aliphatic carbocycles. The first-order valence-corrected chi connectivity index (χ1v) is 6.81. The zero-order valence-corrected chi connectivity index (χ0v) is 12.7. The Morgan fingerprint density at radius 1 is 1.06 bits per heavy atom. The van der Waals surface area contributed by atoms with Gasteiger partial charge in [0.1, 0.15) is 0 Å². The van der Waals surface area contributed by atoms with Crippen LogP contribution in [0.15, 0.2) is 0 Å². The van der Waals surface area contributed by atoms with Gasteiger partial charge in [-0.1, -0.05) is 54.9 Å². The molecule has 2 atom stereocenters. The van der Waals surface area contributed by atoms with Gasteiger partial charge in [0.25, 0.3) is 0 Å². The number of hydrogen-bond acceptors (Lipinski definition) is 3. The fourth-order valence-electron chi connectivity index (χ4n) is 2.58. The molecular weight excluding hydrogens is 228 g/mol. The first-order valence-electron chi connectivity index (χ1n) is 6.81. The molecule has 0 N–H and O–H groups in total. The molecule has 0 amide bonds. The van der Waals surface area contributed by atoms with E-state index in [1.807, 2.05) is 13.8 Å². The molecule has 0 bridgehead atoms. The zero-order valence-electron chi connectivity index (χ0n) is 12.7. The minimum Gasteiger partial charge on any atom is -0.393 e. The summed E-state index contributed by atoms with van der Waals surface area (Å²) >= 11 is 0. The highest BCUT2D eigenvalue weighted by Crippen LogP contribution is 2.50. The van der Waals surface area contributed by atoms with Crippen LogP contribution in [0.4, 0.5) is 0 Å². The zero-order chi connectivity index (χ0) is 14.3. The molecule has 1 rings (SSSR count). The molecule has 1 fully saturated rings. The molecule has 0 aromatic rings. The van der Waals surface area contributed by atoms with Gasteiger partial charge in [-0.05, 0) is 16.7 Å². The summed E-state index contributed by atoms with van der Waals surface area (Å²) in [5, 5.41) is 0. The Morgan fingerprint density at radius 2 is 1.50 bits per heavy atom. The fraction of sp³-hybridized carbons (Fsp3) is 0.867. The molecule has 0 saturated carbocycles. The fourth-order valence-corrected chi connectivity index (χ4v) is 2.58. The van der Waals surface area contributed by atoms with E-state index in [1.165, 1.54) is 0 Å². The monoisotopic (exact) mass is 254 g/mol. The summed E-state index contributed by atoms with van der Waals surface area (Å²) in [6, 6.07) is 0. The van der Waals surface area contributed by atoms with Gasteiger partial charge in [0.15, 0.2) is 0 Å². The Labute approximate surface area is 110 Å². The lowest BCUT2D eigenvalue weighted by atomic mass is 9.60. The van der Waals surface area contributed by atoms with Crippen molar-refractivity contribution in [3.63, 3.8) is 0 Å². The minimum atomic E-state index is -0.342. The van der Waals surface area contributed by atoms with Crippen molar-refractivity contribution in [2.24, 2.45) is 28.6 Å². The van der Waals surface area contributed by atoms with Crippen LogP contribution < -0.4 is 0 Å². The van der Waals surface area contributed by atoms with Crippen LogP contribution in [0.3, 0.4) is 0 Å². The summed E-state index contributed by atoms with van der Waals surface area (Å²) < 4.78 is 4.93. The maximum atomic E-state index is 12.1. The Bertz CT molecular complexity index is 353. The maximum Gasteiger partial charge on any atom is 0.318 e. The van der Waals surface area contributed by atoms with E-state index < -0.39 is 0 Å². The van der Waals surface area contributed by atoms with Gasteiger partial charge in [-0.2, -0.15) is 0 Å². The third-order valence-corrected chi connectivity index (χ3v) is 5.09. The third kappa shape index (κ3) is 2.32. The molecule has 1 aliphatic heterocycles. The van der Waals surface area contributed by atoms with E-state index >= 15 is 0 Å². The Balaban J connectivity index is 3.22. The highest BCUT2D eigenvalue weighted by Gasteiger charge is 2.57. The highest BCUT2D eigenvalue weighted by molar-refractivity contribution is 5.97. The van der Waals surface area contributed by atoms with Gasteiger partial charge in [-0.3, -0.25) is 9.59 Å². The van der Waals surface area contributed by atoms with Crippen molar-refractivity contribution >= 4 is 11.9 Å². The predicted molar refractivity (Wildman–Crippen MR) is 70.8 cm³/mol. The van der Waals surface area contributed by atoms with Crippen LogP contribution in [0.5, 0.6) is 0 Å². The lowest BCUT2D eigenvalue weighted by Crippen LogP contribution is -2.42. The van der Waals surface area contributed by atoms with Crippen LogP contribution in [0, 0.1) is 28.6 Å². The van der Waals surface area contributed by atoms with Crippen molar-refractivity contribution in [1.29, 1.82) is 0 Å². The van der Waals surface area contributed by atoms with Crippen LogP contribution >= 0.6 is 0 Å². The van der Waals surface area contributed by atoms with Gasteiger partial charge in [0.2, 0.25) is 0 Å². The van der Waals surface area contributed by atoms with E-state index in [0.717, 1.165) is 6.42 Å². The number of hydrogen-bond donors (Lipinski definition) is 0. The summed E-state index contributed by atoms with van der Waals surface area (Å²) in [4.78, 5) is 24.1. The van der Waals surface area contributed by atoms with E-state index in [1.54, 1.807) is 0 Å². The molecule has 0 aromatic carbocycles. The molecule has 1 saturated heterocycles.